The Morgan fingerprint density at radius 1 is 0.962 bits per heavy atom. The van der Waals surface area contributed by atoms with Crippen LogP contribution in [0.2, 0.25) is 0 Å². The molecule has 0 aliphatic rings. The molecule has 0 atom stereocenters. The van der Waals surface area contributed by atoms with Gasteiger partial charge in [-0.05, 0) is 48.9 Å². The molecule has 0 aliphatic heterocycles. The zero-order valence-corrected chi connectivity index (χ0v) is 14.3. The number of aromatic nitrogens is 3. The first-order valence-electron chi connectivity index (χ1n) is 8.32. The van der Waals surface area contributed by atoms with Crippen molar-refractivity contribution in [1.82, 2.24) is 14.5 Å². The third kappa shape index (κ3) is 2.74. The Bertz CT molecular complexity index is 1120. The molecule has 3 nitrogen and oxygen atoms in total. The van der Waals surface area contributed by atoms with E-state index in [4.69, 9.17) is 0 Å². The summed E-state index contributed by atoms with van der Waals surface area (Å²) < 4.78 is 15.6. The maximum atomic E-state index is 13.5. The van der Waals surface area contributed by atoms with Crippen LogP contribution in [0, 0.1) is 17.7 Å². The Morgan fingerprint density at radius 2 is 1.73 bits per heavy atom. The Kier molecular flexibility index (Phi) is 4.20. The molecular weight excluding hydrogens is 325 g/mol. The second-order valence-electron chi connectivity index (χ2n) is 5.85. The third-order valence-electron chi connectivity index (χ3n) is 4.32. The minimum atomic E-state index is -0.257. The zero-order chi connectivity index (χ0) is 17.9. The molecule has 26 heavy (non-hydrogen) atoms. The van der Waals surface area contributed by atoms with Crippen molar-refractivity contribution < 1.29 is 4.39 Å². The number of nitrogens with zero attached hydrogens (tertiary/aromatic N) is 3. The van der Waals surface area contributed by atoms with Gasteiger partial charge < -0.3 is 4.57 Å². The fourth-order valence-corrected chi connectivity index (χ4v) is 3.20. The number of pyridine rings is 2. The smallest absolute Gasteiger partial charge is 0.123 e. The van der Waals surface area contributed by atoms with Crippen LogP contribution in [0.1, 0.15) is 6.92 Å². The van der Waals surface area contributed by atoms with E-state index in [-0.39, 0.29) is 5.82 Å². The van der Waals surface area contributed by atoms with Crippen molar-refractivity contribution in [2.24, 2.45) is 0 Å². The Labute approximate surface area is 151 Å². The van der Waals surface area contributed by atoms with E-state index in [1.165, 1.54) is 12.1 Å². The molecular formula is C22H16FN3. The first-order chi connectivity index (χ1) is 12.8. The highest BCUT2D eigenvalue weighted by Crippen LogP contribution is 2.39. The van der Waals surface area contributed by atoms with Crippen molar-refractivity contribution in [1.29, 1.82) is 0 Å². The van der Waals surface area contributed by atoms with E-state index in [0.717, 1.165) is 33.4 Å². The van der Waals surface area contributed by atoms with Crippen molar-refractivity contribution in [3.8, 4) is 34.2 Å². The lowest BCUT2D eigenvalue weighted by atomic mass is 10.0. The highest BCUT2D eigenvalue weighted by atomic mass is 19.1. The Hall–Kier alpha value is -3.45. The first kappa shape index (κ1) is 16.0. The van der Waals surface area contributed by atoms with Crippen LogP contribution in [0.3, 0.4) is 0 Å². The van der Waals surface area contributed by atoms with Crippen molar-refractivity contribution in [2.75, 3.05) is 0 Å². The molecule has 3 heterocycles. The van der Waals surface area contributed by atoms with Crippen LogP contribution < -0.4 is 0 Å². The minimum absolute atomic E-state index is 0.257. The van der Waals surface area contributed by atoms with Gasteiger partial charge in [0.15, 0.2) is 0 Å². The molecule has 0 bridgehead atoms. The first-order valence-corrected chi connectivity index (χ1v) is 8.32. The number of hydrogen-bond donors (Lipinski definition) is 0. The average Bonchev–Trinajstić information content (AvgIpc) is 3.02. The maximum Gasteiger partial charge on any atom is 0.123 e. The molecule has 4 aromatic rings. The summed E-state index contributed by atoms with van der Waals surface area (Å²) >= 11 is 0. The molecule has 0 amide bonds. The van der Waals surface area contributed by atoms with Crippen molar-refractivity contribution in [3.63, 3.8) is 0 Å². The standard InChI is InChI=1S/C22H16FN3/c1-2-3-15-26-19-5-4-12-25-21(19)20(16-6-8-18(23)9-7-16)22(26)17-10-13-24-14-11-17/h4-14H,15H2,1H3. The fourth-order valence-electron chi connectivity index (χ4n) is 3.20. The molecule has 0 N–H and O–H groups in total. The lowest BCUT2D eigenvalue weighted by molar-refractivity contribution is 0.628. The summed E-state index contributed by atoms with van der Waals surface area (Å²) in [5.74, 6) is 5.86. The van der Waals surface area contributed by atoms with Gasteiger partial charge in [-0.15, -0.1) is 5.92 Å². The normalized spacial score (nSPS) is 10.5. The number of hydrogen-bond acceptors (Lipinski definition) is 2. The van der Waals surface area contributed by atoms with Gasteiger partial charge in [0.05, 0.1) is 23.3 Å². The van der Waals surface area contributed by atoms with Gasteiger partial charge >= 0.3 is 0 Å². The summed E-state index contributed by atoms with van der Waals surface area (Å²) in [7, 11) is 0. The zero-order valence-electron chi connectivity index (χ0n) is 14.3. The lowest BCUT2D eigenvalue weighted by Crippen LogP contribution is -1.99. The van der Waals surface area contributed by atoms with E-state index in [0.29, 0.717) is 6.54 Å². The Balaban J connectivity index is 2.11. The number of fused-ring (bicyclic) bond motifs is 1. The van der Waals surface area contributed by atoms with Crippen molar-refractivity contribution >= 4 is 11.0 Å². The Morgan fingerprint density at radius 3 is 2.46 bits per heavy atom. The van der Waals surface area contributed by atoms with E-state index in [1.54, 1.807) is 30.7 Å². The molecule has 1 aromatic carbocycles. The quantitative estimate of drug-likeness (QED) is 0.495. The molecule has 4 rings (SSSR count). The van der Waals surface area contributed by atoms with Crippen LogP contribution in [-0.4, -0.2) is 14.5 Å². The van der Waals surface area contributed by atoms with Gasteiger partial charge in [0.1, 0.15) is 5.82 Å². The van der Waals surface area contributed by atoms with Crippen LogP contribution in [0.25, 0.3) is 33.4 Å². The van der Waals surface area contributed by atoms with E-state index in [2.05, 4.69) is 26.4 Å². The molecule has 0 saturated carbocycles. The molecule has 126 valence electrons. The summed E-state index contributed by atoms with van der Waals surface area (Å²) in [5, 5.41) is 0. The van der Waals surface area contributed by atoms with Crippen LogP contribution in [0.15, 0.2) is 67.1 Å². The van der Waals surface area contributed by atoms with Crippen LogP contribution in [0.4, 0.5) is 4.39 Å². The topological polar surface area (TPSA) is 30.7 Å². The van der Waals surface area contributed by atoms with E-state index in [9.17, 15) is 4.39 Å². The van der Waals surface area contributed by atoms with Gasteiger partial charge in [-0.1, -0.05) is 18.1 Å². The molecule has 0 fully saturated rings. The fraction of sp³-hybridized carbons (Fsp3) is 0.0909. The second kappa shape index (κ2) is 6.81. The highest BCUT2D eigenvalue weighted by Gasteiger charge is 2.20. The minimum Gasteiger partial charge on any atom is -0.327 e. The van der Waals surface area contributed by atoms with E-state index >= 15 is 0 Å². The molecule has 0 unspecified atom stereocenters. The lowest BCUT2D eigenvalue weighted by Gasteiger charge is -2.10. The largest absolute Gasteiger partial charge is 0.327 e. The molecule has 0 spiro atoms. The van der Waals surface area contributed by atoms with Crippen molar-refractivity contribution in [2.45, 2.75) is 13.5 Å². The SMILES string of the molecule is CC#CCn1c(-c2ccncc2)c(-c2ccc(F)cc2)c2ncccc21. The van der Waals surface area contributed by atoms with Crippen molar-refractivity contribution in [3.05, 3.63) is 72.9 Å². The van der Waals surface area contributed by atoms with Gasteiger partial charge in [-0.25, -0.2) is 4.39 Å². The van der Waals surface area contributed by atoms with Gasteiger partial charge in [0.25, 0.3) is 0 Å². The highest BCUT2D eigenvalue weighted by molar-refractivity contribution is 6.02. The second-order valence-corrected chi connectivity index (χ2v) is 5.85. The third-order valence-corrected chi connectivity index (χ3v) is 4.32. The molecule has 3 aromatic heterocycles. The molecule has 4 heteroatoms. The van der Waals surface area contributed by atoms with Gasteiger partial charge in [-0.3, -0.25) is 9.97 Å². The molecule has 0 aliphatic carbocycles. The summed E-state index contributed by atoms with van der Waals surface area (Å²) in [6, 6.07) is 14.4. The van der Waals surface area contributed by atoms with Crippen LogP contribution in [0.5, 0.6) is 0 Å². The average molecular weight is 341 g/mol. The predicted octanol–water partition coefficient (Wildman–Crippen LogP) is 4.93. The molecule has 0 saturated heterocycles. The van der Waals surface area contributed by atoms with Gasteiger partial charge in [0.2, 0.25) is 0 Å². The summed E-state index contributed by atoms with van der Waals surface area (Å²) in [6.07, 6.45) is 5.32. The monoisotopic (exact) mass is 341 g/mol. The maximum absolute atomic E-state index is 13.5. The molecule has 0 radical (unpaired) electrons. The summed E-state index contributed by atoms with van der Waals surface area (Å²) in [4.78, 5) is 8.74. The van der Waals surface area contributed by atoms with E-state index < -0.39 is 0 Å². The van der Waals surface area contributed by atoms with Crippen LogP contribution in [-0.2, 0) is 6.54 Å². The van der Waals surface area contributed by atoms with Gasteiger partial charge in [-0.2, -0.15) is 0 Å². The number of halogens is 1. The summed E-state index contributed by atoms with van der Waals surface area (Å²) in [5.41, 5.74) is 5.81. The van der Waals surface area contributed by atoms with E-state index in [1.807, 2.05) is 31.2 Å². The predicted molar refractivity (Wildman–Crippen MR) is 102 cm³/mol. The number of benzene rings is 1. The van der Waals surface area contributed by atoms with Crippen LogP contribution >= 0.6 is 0 Å². The van der Waals surface area contributed by atoms with Gasteiger partial charge in [0, 0.05) is 29.7 Å². The number of rotatable bonds is 3. The summed E-state index contributed by atoms with van der Waals surface area (Å²) in [6.45, 7) is 2.38.